The Balaban J connectivity index is 1.91. The first kappa shape index (κ1) is 21.8. The summed E-state index contributed by atoms with van der Waals surface area (Å²) in [6, 6.07) is 17.3. The SMILES string of the molecule is COc1ccc(-n2c(C(C)(C)C)csc2=N[C@@H](C)C(=O)NCc2ccccc2)cc1. The fourth-order valence-electron chi connectivity index (χ4n) is 3.06. The van der Waals surface area contributed by atoms with Gasteiger partial charge in [0.2, 0.25) is 5.91 Å². The number of hydrogen-bond acceptors (Lipinski definition) is 4. The molecule has 158 valence electrons. The average Bonchev–Trinajstić information content (AvgIpc) is 3.16. The molecule has 3 rings (SSSR count). The summed E-state index contributed by atoms with van der Waals surface area (Å²) < 4.78 is 7.42. The van der Waals surface area contributed by atoms with Crippen molar-refractivity contribution in [3.05, 3.63) is 76.0 Å². The van der Waals surface area contributed by atoms with Gasteiger partial charge in [-0.2, -0.15) is 0 Å². The molecule has 0 saturated carbocycles. The van der Waals surface area contributed by atoms with Gasteiger partial charge >= 0.3 is 0 Å². The lowest BCUT2D eigenvalue weighted by Gasteiger charge is -2.21. The van der Waals surface area contributed by atoms with Crippen LogP contribution in [0.2, 0.25) is 0 Å². The van der Waals surface area contributed by atoms with E-state index >= 15 is 0 Å². The van der Waals surface area contributed by atoms with Gasteiger partial charge in [0.1, 0.15) is 11.8 Å². The molecule has 1 amide bonds. The van der Waals surface area contributed by atoms with Crippen molar-refractivity contribution in [2.24, 2.45) is 4.99 Å². The van der Waals surface area contributed by atoms with Crippen molar-refractivity contribution >= 4 is 17.2 Å². The normalized spacial score (nSPS) is 13.2. The van der Waals surface area contributed by atoms with E-state index in [0.717, 1.165) is 27.5 Å². The maximum absolute atomic E-state index is 12.6. The Bertz CT molecular complexity index is 1040. The van der Waals surface area contributed by atoms with Gasteiger partial charge in [0, 0.05) is 28.7 Å². The first-order valence-electron chi connectivity index (χ1n) is 10.0. The van der Waals surface area contributed by atoms with E-state index in [1.807, 2.05) is 61.5 Å². The van der Waals surface area contributed by atoms with Crippen LogP contribution in [0.1, 0.15) is 39.0 Å². The third-order valence-corrected chi connectivity index (χ3v) is 5.64. The van der Waals surface area contributed by atoms with Gasteiger partial charge in [-0.3, -0.25) is 9.36 Å². The summed E-state index contributed by atoms with van der Waals surface area (Å²) in [5.41, 5.74) is 3.15. The summed E-state index contributed by atoms with van der Waals surface area (Å²) in [5.74, 6) is 0.713. The second kappa shape index (κ2) is 9.30. The van der Waals surface area contributed by atoms with Gasteiger partial charge < -0.3 is 10.1 Å². The molecule has 1 N–H and O–H groups in total. The highest BCUT2D eigenvalue weighted by molar-refractivity contribution is 7.07. The molecule has 0 bridgehead atoms. The Morgan fingerprint density at radius 1 is 1.13 bits per heavy atom. The Labute approximate surface area is 182 Å². The molecule has 0 fully saturated rings. The fourth-order valence-corrected chi connectivity index (χ4v) is 4.26. The number of hydrogen-bond donors (Lipinski definition) is 1. The van der Waals surface area contributed by atoms with Crippen LogP contribution in [0.5, 0.6) is 5.75 Å². The molecule has 6 heteroatoms. The molecule has 0 saturated heterocycles. The predicted molar refractivity (Wildman–Crippen MR) is 122 cm³/mol. The van der Waals surface area contributed by atoms with Gasteiger partial charge in [0.25, 0.3) is 0 Å². The van der Waals surface area contributed by atoms with Crippen LogP contribution in [0.25, 0.3) is 5.69 Å². The van der Waals surface area contributed by atoms with Gasteiger partial charge in [-0.05, 0) is 36.8 Å². The van der Waals surface area contributed by atoms with E-state index in [1.165, 1.54) is 0 Å². The van der Waals surface area contributed by atoms with Crippen LogP contribution < -0.4 is 14.9 Å². The van der Waals surface area contributed by atoms with Crippen LogP contribution in [0, 0.1) is 0 Å². The predicted octanol–water partition coefficient (Wildman–Crippen LogP) is 4.45. The number of benzene rings is 2. The lowest BCUT2D eigenvalue weighted by atomic mass is 9.93. The third-order valence-electron chi connectivity index (χ3n) is 4.80. The monoisotopic (exact) mass is 423 g/mol. The molecule has 1 atom stereocenters. The van der Waals surface area contributed by atoms with Gasteiger partial charge in [0.05, 0.1) is 7.11 Å². The number of nitrogens with one attached hydrogen (secondary N) is 1. The molecular weight excluding hydrogens is 394 g/mol. The fraction of sp³-hybridized carbons (Fsp3) is 0.333. The van der Waals surface area contributed by atoms with E-state index in [0.29, 0.717) is 6.54 Å². The summed E-state index contributed by atoms with van der Waals surface area (Å²) in [4.78, 5) is 18.2. The van der Waals surface area contributed by atoms with E-state index in [2.05, 4.69) is 36.0 Å². The van der Waals surface area contributed by atoms with Crippen LogP contribution in [0.3, 0.4) is 0 Å². The van der Waals surface area contributed by atoms with Crippen LogP contribution in [0.4, 0.5) is 0 Å². The molecule has 1 heterocycles. The van der Waals surface area contributed by atoms with Crippen LogP contribution in [-0.4, -0.2) is 23.6 Å². The van der Waals surface area contributed by atoms with Crippen molar-refractivity contribution in [1.29, 1.82) is 0 Å². The maximum Gasteiger partial charge on any atom is 0.244 e. The minimum absolute atomic E-state index is 0.0665. The van der Waals surface area contributed by atoms with Crippen LogP contribution in [0.15, 0.2) is 65.0 Å². The van der Waals surface area contributed by atoms with Crippen molar-refractivity contribution in [3.8, 4) is 11.4 Å². The standard InChI is InChI=1S/C24H29N3O2S/c1-17(22(28)25-15-18-9-7-6-8-10-18)26-23-27(21(16-30-23)24(2,3)4)19-11-13-20(29-5)14-12-19/h6-14,16-17H,15H2,1-5H3,(H,25,28)/t17-/m0/s1. The third kappa shape index (κ3) is 5.19. The summed E-state index contributed by atoms with van der Waals surface area (Å²) in [7, 11) is 1.66. The smallest absolute Gasteiger partial charge is 0.244 e. The number of ether oxygens (including phenoxy) is 1. The second-order valence-corrected chi connectivity index (χ2v) is 9.03. The second-order valence-electron chi connectivity index (χ2n) is 8.20. The summed E-state index contributed by atoms with van der Waals surface area (Å²) in [5, 5.41) is 5.10. The van der Waals surface area contributed by atoms with Crippen LogP contribution in [-0.2, 0) is 16.8 Å². The van der Waals surface area contributed by atoms with Crippen molar-refractivity contribution in [2.75, 3.05) is 7.11 Å². The molecule has 0 spiro atoms. The Hall–Kier alpha value is -2.86. The summed E-state index contributed by atoms with van der Waals surface area (Å²) >= 11 is 1.55. The zero-order chi connectivity index (χ0) is 21.7. The number of thiazole rings is 1. The number of nitrogens with zero attached hydrogens (tertiary/aromatic N) is 2. The minimum atomic E-state index is -0.496. The Kier molecular flexibility index (Phi) is 6.77. The summed E-state index contributed by atoms with van der Waals surface area (Å²) in [6.45, 7) is 8.85. The van der Waals surface area contributed by atoms with Crippen LogP contribution >= 0.6 is 11.3 Å². The number of methoxy groups -OCH3 is 1. The highest BCUT2D eigenvalue weighted by Crippen LogP contribution is 2.26. The van der Waals surface area contributed by atoms with E-state index in [4.69, 9.17) is 9.73 Å². The quantitative estimate of drug-likeness (QED) is 0.637. The Morgan fingerprint density at radius 2 is 1.80 bits per heavy atom. The van der Waals surface area contributed by atoms with Crippen molar-refractivity contribution in [2.45, 2.75) is 45.7 Å². The Morgan fingerprint density at radius 3 is 2.40 bits per heavy atom. The number of amides is 1. The van der Waals surface area contributed by atoms with Crippen molar-refractivity contribution < 1.29 is 9.53 Å². The molecular formula is C24H29N3O2S. The zero-order valence-electron chi connectivity index (χ0n) is 18.2. The molecule has 1 aromatic heterocycles. The van der Waals surface area contributed by atoms with E-state index in [9.17, 15) is 4.79 Å². The first-order valence-corrected chi connectivity index (χ1v) is 10.9. The number of carbonyl (C=O) groups excluding carboxylic acids is 1. The first-order chi connectivity index (χ1) is 14.3. The average molecular weight is 424 g/mol. The van der Waals surface area contributed by atoms with Gasteiger partial charge in [-0.15, -0.1) is 11.3 Å². The largest absolute Gasteiger partial charge is 0.497 e. The van der Waals surface area contributed by atoms with Crippen molar-refractivity contribution in [1.82, 2.24) is 9.88 Å². The number of carbonyl (C=O) groups is 1. The topological polar surface area (TPSA) is 55.6 Å². The maximum atomic E-state index is 12.6. The van der Waals surface area contributed by atoms with E-state index in [1.54, 1.807) is 18.4 Å². The molecule has 5 nitrogen and oxygen atoms in total. The minimum Gasteiger partial charge on any atom is -0.497 e. The van der Waals surface area contributed by atoms with Gasteiger partial charge in [-0.25, -0.2) is 4.99 Å². The molecule has 0 aliphatic heterocycles. The molecule has 0 aliphatic rings. The zero-order valence-corrected chi connectivity index (χ0v) is 19.0. The highest BCUT2D eigenvalue weighted by Gasteiger charge is 2.21. The number of rotatable bonds is 6. The van der Waals surface area contributed by atoms with Gasteiger partial charge in [-0.1, -0.05) is 51.1 Å². The van der Waals surface area contributed by atoms with E-state index in [-0.39, 0.29) is 11.3 Å². The number of aromatic nitrogens is 1. The lowest BCUT2D eigenvalue weighted by Crippen LogP contribution is -2.33. The van der Waals surface area contributed by atoms with Crippen molar-refractivity contribution in [3.63, 3.8) is 0 Å². The lowest BCUT2D eigenvalue weighted by molar-refractivity contribution is -0.122. The molecule has 2 aromatic carbocycles. The molecule has 3 aromatic rings. The summed E-state index contributed by atoms with van der Waals surface area (Å²) in [6.07, 6.45) is 0. The molecule has 0 unspecified atom stereocenters. The van der Waals surface area contributed by atoms with E-state index < -0.39 is 6.04 Å². The van der Waals surface area contributed by atoms with Gasteiger partial charge in [0.15, 0.2) is 4.80 Å². The molecule has 0 aliphatic carbocycles. The highest BCUT2D eigenvalue weighted by atomic mass is 32.1. The molecule has 30 heavy (non-hydrogen) atoms. The molecule has 0 radical (unpaired) electrons.